The van der Waals surface area contributed by atoms with Crippen molar-refractivity contribution >= 4 is 12.1 Å². The van der Waals surface area contributed by atoms with E-state index in [9.17, 15) is 4.79 Å². The number of methoxy groups -OCH3 is 1. The van der Waals surface area contributed by atoms with Crippen molar-refractivity contribution in [2.24, 2.45) is 5.10 Å². The van der Waals surface area contributed by atoms with Gasteiger partial charge in [0.25, 0.3) is 5.91 Å². The summed E-state index contributed by atoms with van der Waals surface area (Å²) < 4.78 is 5.09. The third-order valence-electron chi connectivity index (χ3n) is 1.77. The lowest BCUT2D eigenvalue weighted by molar-refractivity contribution is -0.120. The van der Waals surface area contributed by atoms with Gasteiger partial charge in [-0.05, 0) is 12.1 Å². The first-order valence-corrected chi connectivity index (χ1v) is 4.60. The number of rotatable bonds is 4. The van der Waals surface area contributed by atoms with Gasteiger partial charge in [-0.1, -0.05) is 12.1 Å². The Labute approximate surface area is 93.3 Å². The lowest BCUT2D eigenvalue weighted by atomic mass is 10.2. The Morgan fingerprint density at radius 3 is 3.06 bits per heavy atom. The first kappa shape index (κ1) is 11.7. The lowest BCUT2D eigenvalue weighted by Crippen LogP contribution is -2.16. The van der Waals surface area contributed by atoms with Crippen LogP contribution >= 0.6 is 0 Å². The smallest absolute Gasteiger partial charge is 0.254 e. The topological polar surface area (TPSA) is 74.5 Å². The molecule has 0 spiro atoms. The van der Waals surface area contributed by atoms with E-state index in [-0.39, 0.29) is 6.42 Å². The SMILES string of the molecule is COc1ccccc1/C=N/NC(=O)CC#N. The second-order valence-electron chi connectivity index (χ2n) is 2.87. The number of carbonyl (C=O) groups excluding carboxylic acids is 1. The molecule has 5 nitrogen and oxygen atoms in total. The highest BCUT2D eigenvalue weighted by molar-refractivity contribution is 5.85. The molecule has 0 aliphatic carbocycles. The maximum Gasteiger partial charge on any atom is 0.254 e. The molecule has 0 atom stereocenters. The number of hydrogen-bond acceptors (Lipinski definition) is 4. The molecule has 16 heavy (non-hydrogen) atoms. The molecule has 0 radical (unpaired) electrons. The summed E-state index contributed by atoms with van der Waals surface area (Å²) >= 11 is 0. The molecule has 0 heterocycles. The molecule has 82 valence electrons. The normalized spacial score (nSPS) is 9.75. The molecule has 0 aliphatic rings. The number of benzene rings is 1. The Hall–Kier alpha value is -2.35. The van der Waals surface area contributed by atoms with Crippen molar-refractivity contribution in [2.75, 3.05) is 7.11 Å². The fourth-order valence-corrected chi connectivity index (χ4v) is 1.06. The van der Waals surface area contributed by atoms with E-state index in [4.69, 9.17) is 10.00 Å². The minimum atomic E-state index is -0.436. The van der Waals surface area contributed by atoms with Gasteiger partial charge in [0.1, 0.15) is 12.2 Å². The van der Waals surface area contributed by atoms with Crippen LogP contribution in [-0.4, -0.2) is 19.2 Å². The van der Waals surface area contributed by atoms with E-state index in [2.05, 4.69) is 10.5 Å². The van der Waals surface area contributed by atoms with Crippen molar-refractivity contribution in [1.29, 1.82) is 5.26 Å². The fourth-order valence-electron chi connectivity index (χ4n) is 1.06. The van der Waals surface area contributed by atoms with Crippen LogP contribution in [0.3, 0.4) is 0 Å². The van der Waals surface area contributed by atoms with Gasteiger partial charge in [0.2, 0.25) is 0 Å². The van der Waals surface area contributed by atoms with Gasteiger partial charge in [0.05, 0.1) is 19.4 Å². The quantitative estimate of drug-likeness (QED) is 0.605. The molecule has 0 bridgehead atoms. The van der Waals surface area contributed by atoms with Crippen LogP contribution < -0.4 is 10.2 Å². The predicted molar refractivity (Wildman–Crippen MR) is 59.0 cm³/mol. The maximum atomic E-state index is 10.9. The summed E-state index contributed by atoms with van der Waals surface area (Å²) in [6.45, 7) is 0. The van der Waals surface area contributed by atoms with Crippen molar-refractivity contribution in [3.63, 3.8) is 0 Å². The molecule has 0 fully saturated rings. The lowest BCUT2D eigenvalue weighted by Gasteiger charge is -2.02. The van der Waals surface area contributed by atoms with E-state index in [0.717, 1.165) is 5.56 Å². The summed E-state index contributed by atoms with van der Waals surface area (Å²) in [4.78, 5) is 10.9. The van der Waals surface area contributed by atoms with E-state index in [1.54, 1.807) is 25.3 Å². The average molecular weight is 217 g/mol. The standard InChI is InChI=1S/C11H11N3O2/c1-16-10-5-3-2-4-9(10)8-13-14-11(15)6-7-12/h2-5,8H,6H2,1H3,(H,14,15)/b13-8+. The summed E-state index contributed by atoms with van der Waals surface area (Å²) in [7, 11) is 1.56. The minimum absolute atomic E-state index is 0.205. The number of carbonyl (C=O) groups is 1. The van der Waals surface area contributed by atoms with E-state index in [1.165, 1.54) is 6.21 Å². The van der Waals surface area contributed by atoms with Gasteiger partial charge in [0, 0.05) is 5.56 Å². The van der Waals surface area contributed by atoms with Crippen molar-refractivity contribution in [1.82, 2.24) is 5.43 Å². The van der Waals surface area contributed by atoms with Gasteiger partial charge in [-0.15, -0.1) is 0 Å². The molecule has 5 heteroatoms. The highest BCUT2D eigenvalue weighted by atomic mass is 16.5. The largest absolute Gasteiger partial charge is 0.496 e. The number of hydrazone groups is 1. The van der Waals surface area contributed by atoms with Crippen molar-refractivity contribution in [2.45, 2.75) is 6.42 Å². The van der Waals surface area contributed by atoms with Crippen molar-refractivity contribution in [3.8, 4) is 11.8 Å². The monoisotopic (exact) mass is 217 g/mol. The number of hydrogen-bond donors (Lipinski definition) is 1. The molecular weight excluding hydrogens is 206 g/mol. The number of nitrogens with one attached hydrogen (secondary N) is 1. The fraction of sp³-hybridized carbons (Fsp3) is 0.182. The van der Waals surface area contributed by atoms with Crippen LogP contribution in [0.25, 0.3) is 0 Å². The zero-order chi connectivity index (χ0) is 11.8. The molecule has 1 aromatic rings. The molecule has 0 saturated carbocycles. The zero-order valence-electron chi connectivity index (χ0n) is 8.80. The van der Waals surface area contributed by atoms with Gasteiger partial charge in [-0.2, -0.15) is 10.4 Å². The van der Waals surface area contributed by atoms with E-state index in [0.29, 0.717) is 5.75 Å². The summed E-state index contributed by atoms with van der Waals surface area (Å²) in [6, 6.07) is 8.99. The van der Waals surface area contributed by atoms with Gasteiger partial charge >= 0.3 is 0 Å². The third-order valence-corrected chi connectivity index (χ3v) is 1.77. The molecule has 0 saturated heterocycles. The van der Waals surface area contributed by atoms with Crippen LogP contribution in [0.5, 0.6) is 5.75 Å². The molecule has 0 aromatic heterocycles. The first-order valence-electron chi connectivity index (χ1n) is 4.60. The minimum Gasteiger partial charge on any atom is -0.496 e. The zero-order valence-corrected chi connectivity index (χ0v) is 8.80. The number of amides is 1. The van der Waals surface area contributed by atoms with E-state index in [1.807, 2.05) is 12.1 Å². The summed E-state index contributed by atoms with van der Waals surface area (Å²) in [5.41, 5.74) is 2.99. The van der Waals surface area contributed by atoms with Gasteiger partial charge in [0.15, 0.2) is 0 Å². The molecule has 0 aliphatic heterocycles. The number of nitriles is 1. The third kappa shape index (κ3) is 3.42. The molecule has 1 N–H and O–H groups in total. The number of para-hydroxylation sites is 1. The van der Waals surface area contributed by atoms with E-state index < -0.39 is 5.91 Å². The average Bonchev–Trinajstić information content (AvgIpc) is 2.30. The maximum absolute atomic E-state index is 10.9. The van der Waals surface area contributed by atoms with Crippen LogP contribution in [0.15, 0.2) is 29.4 Å². The second-order valence-corrected chi connectivity index (χ2v) is 2.87. The highest BCUT2D eigenvalue weighted by Gasteiger charge is 1.98. The van der Waals surface area contributed by atoms with Crippen LogP contribution in [0.4, 0.5) is 0 Å². The van der Waals surface area contributed by atoms with Gasteiger partial charge in [-0.25, -0.2) is 5.43 Å². The van der Waals surface area contributed by atoms with Gasteiger partial charge < -0.3 is 4.74 Å². The summed E-state index contributed by atoms with van der Waals surface area (Å²) in [5, 5.41) is 12.0. The van der Waals surface area contributed by atoms with Gasteiger partial charge in [-0.3, -0.25) is 4.79 Å². The number of nitrogens with zero attached hydrogens (tertiary/aromatic N) is 2. The summed E-state index contributed by atoms with van der Waals surface area (Å²) in [5.74, 6) is 0.231. The van der Waals surface area contributed by atoms with Crippen LogP contribution in [0.1, 0.15) is 12.0 Å². The molecule has 1 amide bonds. The van der Waals surface area contributed by atoms with Crippen molar-refractivity contribution in [3.05, 3.63) is 29.8 Å². The van der Waals surface area contributed by atoms with Crippen LogP contribution in [0, 0.1) is 11.3 Å². The Kier molecular flexibility index (Phi) is 4.54. The van der Waals surface area contributed by atoms with Crippen molar-refractivity contribution < 1.29 is 9.53 Å². The molecule has 0 unspecified atom stereocenters. The molecule has 1 aromatic carbocycles. The summed E-state index contributed by atoms with van der Waals surface area (Å²) in [6.07, 6.45) is 1.26. The Morgan fingerprint density at radius 1 is 1.62 bits per heavy atom. The molecular formula is C11H11N3O2. The Morgan fingerprint density at radius 2 is 2.38 bits per heavy atom. The number of ether oxygens (including phenoxy) is 1. The molecule has 1 rings (SSSR count). The van der Waals surface area contributed by atoms with Crippen LogP contribution in [-0.2, 0) is 4.79 Å². The Bertz CT molecular complexity index is 435. The second kappa shape index (κ2) is 6.19. The van der Waals surface area contributed by atoms with E-state index >= 15 is 0 Å². The highest BCUT2D eigenvalue weighted by Crippen LogP contribution is 2.14. The first-order chi connectivity index (χ1) is 7.77. The Balaban J connectivity index is 2.63. The predicted octanol–water partition coefficient (Wildman–Crippen LogP) is 1.06. The van der Waals surface area contributed by atoms with Crippen LogP contribution in [0.2, 0.25) is 0 Å².